The van der Waals surface area contributed by atoms with E-state index >= 15 is 0 Å². The highest BCUT2D eigenvalue weighted by Crippen LogP contribution is 2.44. The van der Waals surface area contributed by atoms with Gasteiger partial charge in [0, 0.05) is 19.3 Å². The lowest BCUT2D eigenvalue weighted by Crippen LogP contribution is -3.05. The van der Waals surface area contributed by atoms with E-state index < -0.39 is 7.82 Å². The van der Waals surface area contributed by atoms with E-state index in [0.717, 1.165) is 32.2 Å². The van der Waals surface area contributed by atoms with Gasteiger partial charge in [-0.15, -0.1) is 0 Å². The van der Waals surface area contributed by atoms with Gasteiger partial charge in [-0.05, 0) is 18.8 Å². The van der Waals surface area contributed by atoms with Crippen LogP contribution in [0.2, 0.25) is 0 Å². The van der Waals surface area contributed by atoms with E-state index in [1.807, 2.05) is 21.0 Å². The van der Waals surface area contributed by atoms with Crippen molar-refractivity contribution in [3.8, 4) is 0 Å². The first-order valence-corrected chi connectivity index (χ1v) is 17.2. The molecule has 222 valence electrons. The maximum atomic E-state index is 12.2. The zero-order chi connectivity index (χ0) is 27.6. The Labute approximate surface area is 230 Å². The van der Waals surface area contributed by atoms with Gasteiger partial charge in [0.15, 0.2) is 0 Å². The number of quaternary nitrogens is 1. The number of carbonyl (C=O) groups is 1. The first-order chi connectivity index (χ1) is 17.8. The summed E-state index contributed by atoms with van der Waals surface area (Å²) in [5, 5.41) is 0. The summed E-state index contributed by atoms with van der Waals surface area (Å²) in [6, 6.07) is 0. The van der Waals surface area contributed by atoms with Crippen LogP contribution in [-0.2, 0) is 18.4 Å². The molecule has 0 aliphatic heterocycles. The topological polar surface area (TPSA) is 77.3 Å². The van der Waals surface area contributed by atoms with E-state index in [2.05, 4.69) is 6.92 Å². The normalized spacial score (nSPS) is 14.2. The van der Waals surface area contributed by atoms with Crippen molar-refractivity contribution in [2.24, 2.45) is 5.92 Å². The fourth-order valence-corrected chi connectivity index (χ4v) is 5.60. The van der Waals surface area contributed by atoms with Crippen molar-refractivity contribution < 1.29 is 28.2 Å². The predicted octanol–water partition coefficient (Wildman–Crippen LogP) is 7.68. The van der Waals surface area contributed by atoms with Crippen molar-refractivity contribution in [2.45, 2.75) is 149 Å². The number of rotatable bonds is 29. The van der Waals surface area contributed by atoms with Crippen molar-refractivity contribution in [3.05, 3.63) is 0 Å². The average molecular weight is 549 g/mol. The van der Waals surface area contributed by atoms with Gasteiger partial charge in [0.2, 0.25) is 0 Å². The number of Topliss-reactive ketones (excluding diaryl/α,β-unsaturated/α-hetero) is 1. The van der Waals surface area contributed by atoms with E-state index in [0.29, 0.717) is 19.3 Å². The van der Waals surface area contributed by atoms with Crippen molar-refractivity contribution >= 4 is 13.6 Å². The molecule has 7 heteroatoms. The molecule has 0 amide bonds. The number of carbonyl (C=O) groups excluding carboxylic acids is 1. The molecule has 0 aromatic rings. The zero-order valence-electron chi connectivity index (χ0n) is 25.1. The van der Waals surface area contributed by atoms with Gasteiger partial charge in [0.05, 0.1) is 33.9 Å². The minimum atomic E-state index is -4.06. The lowest BCUT2D eigenvalue weighted by Gasteiger charge is -2.19. The molecule has 2 atom stereocenters. The van der Waals surface area contributed by atoms with Crippen molar-refractivity contribution in [1.82, 2.24) is 0 Å². The summed E-state index contributed by atoms with van der Waals surface area (Å²) in [6.07, 6.45) is 24.7. The summed E-state index contributed by atoms with van der Waals surface area (Å²) in [6.45, 7) is 5.46. The molecule has 0 bridgehead atoms. The first kappa shape index (κ1) is 36.7. The lowest BCUT2D eigenvalue weighted by atomic mass is 9.94. The molecule has 2 N–H and O–H groups in total. The number of nitrogens with one attached hydrogen (secondary N) is 1. The van der Waals surface area contributed by atoms with Gasteiger partial charge in [-0.1, -0.05) is 117 Å². The molecule has 0 rings (SSSR count). The van der Waals surface area contributed by atoms with Crippen LogP contribution in [0, 0.1) is 5.92 Å². The molecule has 6 nitrogen and oxygen atoms in total. The van der Waals surface area contributed by atoms with E-state index in [1.54, 1.807) is 0 Å². The van der Waals surface area contributed by atoms with E-state index in [9.17, 15) is 14.3 Å². The number of hydrogen-bond acceptors (Lipinski definition) is 4. The number of phosphoric acid groups is 1. The summed E-state index contributed by atoms with van der Waals surface area (Å²) >= 11 is 0. The monoisotopic (exact) mass is 548 g/mol. The molecule has 0 spiro atoms. The SMILES string of the molecule is CCCCCCCCCCCCCCCCCCC(COP(=O)(O)OCCC[NH+](C)C)CC(=O)CCC. The Hall–Kier alpha value is -0.260. The van der Waals surface area contributed by atoms with Crippen LogP contribution >= 0.6 is 7.82 Å². The molecule has 0 saturated heterocycles. The van der Waals surface area contributed by atoms with Gasteiger partial charge in [-0.25, -0.2) is 4.57 Å². The molecule has 0 fully saturated rings. The minimum Gasteiger partial charge on any atom is -0.340 e. The van der Waals surface area contributed by atoms with Crippen LogP contribution in [0.1, 0.15) is 149 Å². The molecule has 0 aromatic carbocycles. The fraction of sp³-hybridized carbons (Fsp3) is 0.967. The van der Waals surface area contributed by atoms with Gasteiger partial charge < -0.3 is 9.79 Å². The number of phosphoric ester groups is 1. The number of ketones is 1. The Morgan fingerprint density at radius 1 is 0.730 bits per heavy atom. The van der Waals surface area contributed by atoms with Crippen LogP contribution in [-0.4, -0.2) is 44.5 Å². The second-order valence-corrected chi connectivity index (χ2v) is 12.8. The van der Waals surface area contributed by atoms with Gasteiger partial charge in [-0.3, -0.25) is 13.8 Å². The van der Waals surface area contributed by atoms with Crippen LogP contribution in [0.15, 0.2) is 0 Å². The van der Waals surface area contributed by atoms with E-state index in [1.165, 1.54) is 94.8 Å². The van der Waals surface area contributed by atoms with Gasteiger partial charge >= 0.3 is 7.82 Å². The molecule has 0 aromatic heterocycles. The summed E-state index contributed by atoms with van der Waals surface area (Å²) in [4.78, 5) is 23.5. The third kappa shape index (κ3) is 27.1. The van der Waals surface area contributed by atoms with Crippen molar-refractivity contribution in [2.75, 3.05) is 33.9 Å². The van der Waals surface area contributed by atoms with Crippen LogP contribution < -0.4 is 4.90 Å². The molecule has 0 radical (unpaired) electrons. The number of unbranched alkanes of at least 4 members (excludes halogenated alkanes) is 15. The van der Waals surface area contributed by atoms with Gasteiger partial charge in [0.1, 0.15) is 5.78 Å². The third-order valence-corrected chi connectivity index (χ3v) is 8.04. The van der Waals surface area contributed by atoms with Gasteiger partial charge in [0.25, 0.3) is 0 Å². The second-order valence-electron chi connectivity index (χ2n) is 11.4. The molecule has 0 aliphatic carbocycles. The van der Waals surface area contributed by atoms with Crippen LogP contribution in [0.25, 0.3) is 0 Å². The second kappa shape index (κ2) is 26.0. The predicted molar refractivity (Wildman–Crippen MR) is 156 cm³/mol. The lowest BCUT2D eigenvalue weighted by molar-refractivity contribution is -0.858. The van der Waals surface area contributed by atoms with E-state index in [-0.39, 0.29) is 24.9 Å². The summed E-state index contributed by atoms with van der Waals surface area (Å²) in [5.41, 5.74) is 0. The highest BCUT2D eigenvalue weighted by Gasteiger charge is 2.24. The molecule has 37 heavy (non-hydrogen) atoms. The maximum Gasteiger partial charge on any atom is 0.472 e. The van der Waals surface area contributed by atoms with Crippen LogP contribution in [0.3, 0.4) is 0 Å². The van der Waals surface area contributed by atoms with Gasteiger partial charge in [-0.2, -0.15) is 0 Å². The van der Waals surface area contributed by atoms with Crippen LogP contribution in [0.4, 0.5) is 0 Å². The highest BCUT2D eigenvalue weighted by molar-refractivity contribution is 7.47. The smallest absolute Gasteiger partial charge is 0.340 e. The molecule has 0 saturated carbocycles. The van der Waals surface area contributed by atoms with Crippen LogP contribution in [0.5, 0.6) is 0 Å². The molecule has 0 heterocycles. The summed E-state index contributed by atoms with van der Waals surface area (Å²) in [7, 11) is 0.00500. The Morgan fingerprint density at radius 2 is 1.22 bits per heavy atom. The van der Waals surface area contributed by atoms with Crippen molar-refractivity contribution in [1.29, 1.82) is 0 Å². The molecular weight excluding hydrogens is 485 g/mol. The zero-order valence-corrected chi connectivity index (χ0v) is 26.0. The summed E-state index contributed by atoms with van der Waals surface area (Å²) in [5.74, 6) is 0.205. The number of hydrogen-bond donors (Lipinski definition) is 2. The highest BCUT2D eigenvalue weighted by atomic mass is 31.2. The minimum absolute atomic E-state index is 0.0130. The Bertz CT molecular complexity index is 558. The van der Waals surface area contributed by atoms with Crippen molar-refractivity contribution in [3.63, 3.8) is 0 Å². The largest absolute Gasteiger partial charge is 0.472 e. The standard InChI is InChI=1S/C30H62NO5P/c1-5-7-8-9-10-11-12-13-14-15-16-17-18-19-20-21-24-29(27-30(32)23-6-2)28-36-37(33,34)35-26-22-25-31(3)4/h29H,5-28H2,1-4H3,(H,33,34)/p+1. The fourth-order valence-electron chi connectivity index (χ4n) is 4.77. The Balaban J connectivity index is 3.93. The summed E-state index contributed by atoms with van der Waals surface area (Å²) < 4.78 is 22.6. The molecule has 0 aliphatic rings. The molecular formula is C30H63NO5P+. The van der Waals surface area contributed by atoms with E-state index in [4.69, 9.17) is 9.05 Å². The third-order valence-electron chi connectivity index (χ3n) is 7.06. The quantitative estimate of drug-likeness (QED) is 0.0740. The average Bonchev–Trinajstić information content (AvgIpc) is 2.85. The Morgan fingerprint density at radius 3 is 1.68 bits per heavy atom. The Kier molecular flexibility index (Phi) is 25.8. The first-order valence-electron chi connectivity index (χ1n) is 15.7. The molecule has 2 unspecified atom stereocenters. The maximum absolute atomic E-state index is 12.2.